The molecule has 1 heterocycles. The Morgan fingerprint density at radius 1 is 1.39 bits per heavy atom. The summed E-state index contributed by atoms with van der Waals surface area (Å²) < 4.78 is 4.57. The molecule has 0 saturated heterocycles. The molecule has 0 aromatic carbocycles. The molecule has 1 rings (SSSR count). The van der Waals surface area contributed by atoms with Gasteiger partial charge in [0, 0.05) is 25.5 Å². The van der Waals surface area contributed by atoms with Gasteiger partial charge in [-0.1, -0.05) is 6.92 Å². The highest BCUT2D eigenvalue weighted by molar-refractivity contribution is 5.94. The average molecular weight is 250 g/mol. The van der Waals surface area contributed by atoms with Gasteiger partial charge in [0.2, 0.25) is 0 Å². The zero-order valence-corrected chi connectivity index (χ0v) is 10.8. The fourth-order valence-corrected chi connectivity index (χ4v) is 1.58. The first-order valence-corrected chi connectivity index (χ1v) is 5.95. The Morgan fingerprint density at radius 3 is 2.72 bits per heavy atom. The summed E-state index contributed by atoms with van der Waals surface area (Å²) >= 11 is 0. The minimum atomic E-state index is -0.310. The zero-order chi connectivity index (χ0) is 13.4. The molecule has 0 unspecified atom stereocenters. The number of hydrogen-bond acceptors (Lipinski definition) is 4. The number of methoxy groups -OCH3 is 1. The van der Waals surface area contributed by atoms with Gasteiger partial charge in [0.05, 0.1) is 19.1 Å². The minimum absolute atomic E-state index is 0.103. The molecule has 0 aliphatic rings. The first kappa shape index (κ1) is 14.2. The highest BCUT2D eigenvalue weighted by atomic mass is 16.5. The van der Waals surface area contributed by atoms with Crippen LogP contribution in [0.4, 0.5) is 0 Å². The molecule has 5 heteroatoms. The molecule has 1 amide bonds. The van der Waals surface area contributed by atoms with Crippen molar-refractivity contribution in [3.8, 4) is 0 Å². The molecule has 0 bridgehead atoms. The van der Waals surface area contributed by atoms with Gasteiger partial charge in [-0.05, 0) is 18.6 Å². The van der Waals surface area contributed by atoms with Gasteiger partial charge in [-0.25, -0.2) is 0 Å². The van der Waals surface area contributed by atoms with Crippen molar-refractivity contribution < 1.29 is 14.3 Å². The maximum absolute atomic E-state index is 12.2. The maximum Gasteiger partial charge on any atom is 0.307 e. The van der Waals surface area contributed by atoms with Crippen LogP contribution in [0.25, 0.3) is 0 Å². The van der Waals surface area contributed by atoms with Gasteiger partial charge in [0.25, 0.3) is 5.91 Å². The monoisotopic (exact) mass is 250 g/mol. The van der Waals surface area contributed by atoms with Crippen molar-refractivity contribution in [1.82, 2.24) is 9.88 Å². The van der Waals surface area contributed by atoms with Crippen LogP contribution in [0.5, 0.6) is 0 Å². The fraction of sp³-hybridized carbons (Fsp3) is 0.462. The molecular weight excluding hydrogens is 232 g/mol. The molecule has 5 nitrogen and oxygen atoms in total. The van der Waals surface area contributed by atoms with Crippen molar-refractivity contribution in [3.63, 3.8) is 0 Å². The van der Waals surface area contributed by atoms with Crippen LogP contribution in [-0.4, -0.2) is 42.0 Å². The Balaban J connectivity index is 2.66. The number of amides is 1. The zero-order valence-electron chi connectivity index (χ0n) is 10.8. The number of ether oxygens (including phenoxy) is 1. The standard InChI is InChI=1S/C13H18N2O3/c1-3-8-15(9-6-12(16)18-2)13(17)11-5-4-7-14-10-11/h4-5,7,10H,3,6,8-9H2,1-2H3. The third-order valence-corrected chi connectivity index (χ3v) is 2.50. The molecule has 0 saturated carbocycles. The van der Waals surface area contributed by atoms with E-state index >= 15 is 0 Å². The molecule has 0 radical (unpaired) electrons. The summed E-state index contributed by atoms with van der Waals surface area (Å²) in [5, 5.41) is 0. The summed E-state index contributed by atoms with van der Waals surface area (Å²) in [5.41, 5.74) is 0.538. The number of carbonyl (C=O) groups excluding carboxylic acids is 2. The van der Waals surface area contributed by atoms with Gasteiger partial charge < -0.3 is 9.64 Å². The summed E-state index contributed by atoms with van der Waals surface area (Å²) in [4.78, 5) is 28.8. The number of pyridine rings is 1. The number of hydrogen-bond donors (Lipinski definition) is 0. The van der Waals surface area contributed by atoms with Gasteiger partial charge in [-0.15, -0.1) is 0 Å². The number of aromatic nitrogens is 1. The van der Waals surface area contributed by atoms with Crippen molar-refractivity contribution in [3.05, 3.63) is 30.1 Å². The fourth-order valence-electron chi connectivity index (χ4n) is 1.58. The predicted octanol–water partition coefficient (Wildman–Crippen LogP) is 1.50. The third kappa shape index (κ3) is 4.16. The summed E-state index contributed by atoms with van der Waals surface area (Å²) in [7, 11) is 1.34. The lowest BCUT2D eigenvalue weighted by Crippen LogP contribution is -2.34. The van der Waals surface area contributed by atoms with E-state index in [4.69, 9.17) is 0 Å². The van der Waals surface area contributed by atoms with Crippen molar-refractivity contribution in [2.45, 2.75) is 19.8 Å². The second-order valence-electron chi connectivity index (χ2n) is 3.86. The van der Waals surface area contributed by atoms with Crippen LogP contribution in [0, 0.1) is 0 Å². The topological polar surface area (TPSA) is 59.5 Å². The van der Waals surface area contributed by atoms with Gasteiger partial charge in [0.1, 0.15) is 0 Å². The van der Waals surface area contributed by atoms with E-state index in [0.717, 1.165) is 6.42 Å². The number of carbonyl (C=O) groups is 2. The van der Waals surface area contributed by atoms with E-state index in [0.29, 0.717) is 18.7 Å². The van der Waals surface area contributed by atoms with E-state index in [1.165, 1.54) is 13.3 Å². The number of nitrogens with zero attached hydrogens (tertiary/aromatic N) is 2. The van der Waals surface area contributed by atoms with E-state index in [1.54, 1.807) is 23.2 Å². The largest absolute Gasteiger partial charge is 0.469 e. The SMILES string of the molecule is CCCN(CCC(=O)OC)C(=O)c1cccnc1. The third-order valence-electron chi connectivity index (χ3n) is 2.50. The molecule has 0 fully saturated rings. The van der Waals surface area contributed by atoms with Gasteiger partial charge >= 0.3 is 5.97 Å². The van der Waals surface area contributed by atoms with E-state index < -0.39 is 0 Å². The lowest BCUT2D eigenvalue weighted by atomic mass is 10.2. The molecule has 98 valence electrons. The lowest BCUT2D eigenvalue weighted by Gasteiger charge is -2.21. The van der Waals surface area contributed by atoms with E-state index in [9.17, 15) is 9.59 Å². The first-order valence-electron chi connectivity index (χ1n) is 5.95. The van der Waals surface area contributed by atoms with Crippen molar-refractivity contribution in [2.75, 3.05) is 20.2 Å². The lowest BCUT2D eigenvalue weighted by molar-refractivity contribution is -0.140. The molecule has 0 N–H and O–H groups in total. The second-order valence-corrected chi connectivity index (χ2v) is 3.86. The molecule has 0 spiro atoms. The van der Waals surface area contributed by atoms with Crippen LogP contribution >= 0.6 is 0 Å². The quantitative estimate of drug-likeness (QED) is 0.718. The first-order chi connectivity index (χ1) is 8.69. The van der Waals surface area contributed by atoms with Crippen molar-refractivity contribution in [1.29, 1.82) is 0 Å². The highest BCUT2D eigenvalue weighted by Gasteiger charge is 2.16. The molecular formula is C13H18N2O3. The van der Waals surface area contributed by atoms with Gasteiger partial charge in [0.15, 0.2) is 0 Å². The molecule has 1 aromatic heterocycles. The Kier molecular flexibility index (Phi) is 5.84. The van der Waals surface area contributed by atoms with E-state index in [1.807, 2.05) is 6.92 Å². The van der Waals surface area contributed by atoms with Crippen molar-refractivity contribution >= 4 is 11.9 Å². The van der Waals surface area contributed by atoms with Gasteiger partial charge in [-0.2, -0.15) is 0 Å². The normalized spacial score (nSPS) is 9.89. The molecule has 0 aliphatic heterocycles. The Labute approximate surface area is 107 Å². The minimum Gasteiger partial charge on any atom is -0.469 e. The van der Waals surface area contributed by atoms with Crippen LogP contribution < -0.4 is 0 Å². The Morgan fingerprint density at radius 2 is 2.17 bits per heavy atom. The summed E-state index contributed by atoms with van der Waals surface area (Å²) in [5.74, 6) is -0.413. The van der Waals surface area contributed by atoms with Crippen LogP contribution in [0.1, 0.15) is 30.1 Å². The van der Waals surface area contributed by atoms with E-state index in [2.05, 4.69) is 9.72 Å². The average Bonchev–Trinajstić information content (AvgIpc) is 2.43. The van der Waals surface area contributed by atoms with Crippen molar-refractivity contribution in [2.24, 2.45) is 0 Å². The smallest absolute Gasteiger partial charge is 0.307 e. The van der Waals surface area contributed by atoms with Crippen LogP contribution in [0.2, 0.25) is 0 Å². The maximum atomic E-state index is 12.2. The van der Waals surface area contributed by atoms with E-state index in [-0.39, 0.29) is 18.3 Å². The summed E-state index contributed by atoms with van der Waals surface area (Å²) in [6, 6.07) is 3.44. The van der Waals surface area contributed by atoms with Gasteiger partial charge in [-0.3, -0.25) is 14.6 Å². The summed E-state index contributed by atoms with van der Waals surface area (Å²) in [6.07, 6.45) is 4.20. The molecule has 0 aliphatic carbocycles. The second kappa shape index (κ2) is 7.42. The number of rotatable bonds is 6. The Bertz CT molecular complexity index is 392. The van der Waals surface area contributed by atoms with Crippen LogP contribution in [0.3, 0.4) is 0 Å². The number of esters is 1. The molecule has 18 heavy (non-hydrogen) atoms. The predicted molar refractivity (Wildman–Crippen MR) is 67.1 cm³/mol. The summed E-state index contributed by atoms with van der Waals surface area (Å²) in [6.45, 7) is 2.97. The van der Waals surface area contributed by atoms with Crippen LogP contribution in [-0.2, 0) is 9.53 Å². The van der Waals surface area contributed by atoms with Crippen LogP contribution in [0.15, 0.2) is 24.5 Å². The highest BCUT2D eigenvalue weighted by Crippen LogP contribution is 2.05. The Hall–Kier alpha value is -1.91. The molecule has 0 atom stereocenters. The molecule has 1 aromatic rings.